The highest BCUT2D eigenvalue weighted by atomic mass is 16.2. The lowest BCUT2D eigenvalue weighted by molar-refractivity contribution is -0.135. The molecule has 2 saturated heterocycles. The number of nitrogens with zero attached hydrogens (tertiary/aromatic N) is 2. The van der Waals surface area contributed by atoms with E-state index >= 15 is 0 Å². The van der Waals surface area contributed by atoms with Gasteiger partial charge in [-0.3, -0.25) is 19.3 Å². The molecule has 0 unspecified atom stereocenters. The molecule has 8 nitrogen and oxygen atoms in total. The molecule has 2 N–H and O–H groups in total. The van der Waals surface area contributed by atoms with E-state index < -0.39 is 17.5 Å². The van der Waals surface area contributed by atoms with Crippen molar-refractivity contribution >= 4 is 35.1 Å². The molecule has 0 radical (unpaired) electrons. The van der Waals surface area contributed by atoms with Gasteiger partial charge in [0.15, 0.2) is 0 Å². The topological polar surface area (TPSA) is 98.8 Å². The molecule has 160 valence electrons. The SMILES string of the molecule is C[C@@]1(C2CCCCC2)NC(=O)N(CC(=O)Nc2ccc(N3CCCC3=O)cc2)C1=O. The molecule has 0 spiro atoms. The van der Waals surface area contributed by atoms with Gasteiger partial charge in [-0.15, -0.1) is 0 Å². The monoisotopic (exact) mass is 412 g/mol. The summed E-state index contributed by atoms with van der Waals surface area (Å²) in [6.07, 6.45) is 6.51. The van der Waals surface area contributed by atoms with Crippen LogP contribution >= 0.6 is 0 Å². The summed E-state index contributed by atoms with van der Waals surface area (Å²) in [5.74, 6) is -0.545. The van der Waals surface area contributed by atoms with E-state index in [9.17, 15) is 19.2 Å². The number of hydrogen-bond acceptors (Lipinski definition) is 4. The van der Waals surface area contributed by atoms with Crippen LogP contribution in [0.15, 0.2) is 24.3 Å². The third-order valence-corrected chi connectivity index (χ3v) is 6.56. The van der Waals surface area contributed by atoms with E-state index in [-0.39, 0.29) is 24.3 Å². The molecule has 30 heavy (non-hydrogen) atoms. The maximum Gasteiger partial charge on any atom is 0.325 e. The first-order chi connectivity index (χ1) is 14.4. The zero-order valence-electron chi connectivity index (χ0n) is 17.3. The first-order valence-electron chi connectivity index (χ1n) is 10.7. The van der Waals surface area contributed by atoms with Gasteiger partial charge in [0.1, 0.15) is 12.1 Å². The average Bonchev–Trinajstić information content (AvgIpc) is 3.26. The minimum Gasteiger partial charge on any atom is -0.325 e. The Morgan fingerprint density at radius 1 is 1.10 bits per heavy atom. The van der Waals surface area contributed by atoms with Crippen molar-refractivity contribution in [3.63, 3.8) is 0 Å². The van der Waals surface area contributed by atoms with E-state index in [1.807, 2.05) is 0 Å². The molecule has 0 aromatic heterocycles. The van der Waals surface area contributed by atoms with Crippen LogP contribution in [0.1, 0.15) is 51.9 Å². The predicted octanol–water partition coefficient (Wildman–Crippen LogP) is 2.64. The van der Waals surface area contributed by atoms with Crippen molar-refractivity contribution in [2.75, 3.05) is 23.3 Å². The molecule has 4 rings (SSSR count). The van der Waals surface area contributed by atoms with Crippen LogP contribution in [-0.2, 0) is 14.4 Å². The summed E-state index contributed by atoms with van der Waals surface area (Å²) in [6, 6.07) is 6.50. The number of amides is 5. The van der Waals surface area contributed by atoms with Gasteiger partial charge in [-0.05, 0) is 56.4 Å². The Labute approximate surface area is 176 Å². The van der Waals surface area contributed by atoms with Gasteiger partial charge in [-0.25, -0.2) is 4.79 Å². The van der Waals surface area contributed by atoms with E-state index in [1.165, 1.54) is 0 Å². The lowest BCUT2D eigenvalue weighted by Gasteiger charge is -2.34. The number of anilines is 2. The lowest BCUT2D eigenvalue weighted by atomic mass is 9.75. The van der Waals surface area contributed by atoms with Crippen LogP contribution in [0.5, 0.6) is 0 Å². The highest BCUT2D eigenvalue weighted by molar-refractivity contribution is 6.10. The lowest BCUT2D eigenvalue weighted by Crippen LogP contribution is -2.51. The maximum absolute atomic E-state index is 13.0. The Bertz CT molecular complexity index is 862. The number of hydrogen-bond donors (Lipinski definition) is 2. The summed E-state index contributed by atoms with van der Waals surface area (Å²) in [5.41, 5.74) is 0.423. The van der Waals surface area contributed by atoms with Crippen molar-refractivity contribution in [3.8, 4) is 0 Å². The van der Waals surface area contributed by atoms with E-state index in [0.29, 0.717) is 18.7 Å². The summed E-state index contributed by atoms with van der Waals surface area (Å²) in [4.78, 5) is 52.5. The van der Waals surface area contributed by atoms with Gasteiger partial charge in [0.05, 0.1) is 0 Å². The number of benzene rings is 1. The van der Waals surface area contributed by atoms with E-state index in [4.69, 9.17) is 0 Å². The molecule has 1 saturated carbocycles. The predicted molar refractivity (Wildman–Crippen MR) is 112 cm³/mol. The Morgan fingerprint density at radius 2 is 1.80 bits per heavy atom. The molecule has 1 aliphatic carbocycles. The second kappa shape index (κ2) is 8.08. The van der Waals surface area contributed by atoms with Gasteiger partial charge >= 0.3 is 6.03 Å². The Morgan fingerprint density at radius 3 is 2.43 bits per heavy atom. The molecule has 0 bridgehead atoms. The molecule has 1 aromatic carbocycles. The Balaban J connectivity index is 1.37. The first kappa shape index (κ1) is 20.4. The molecule has 1 atom stereocenters. The van der Waals surface area contributed by atoms with Crippen LogP contribution < -0.4 is 15.5 Å². The van der Waals surface area contributed by atoms with Crippen LogP contribution in [0.2, 0.25) is 0 Å². The molecule has 2 heterocycles. The molecule has 8 heteroatoms. The van der Waals surface area contributed by atoms with Gasteiger partial charge in [0.2, 0.25) is 11.8 Å². The minimum atomic E-state index is -0.929. The quantitative estimate of drug-likeness (QED) is 0.727. The van der Waals surface area contributed by atoms with E-state index in [2.05, 4.69) is 10.6 Å². The van der Waals surface area contributed by atoms with Crippen LogP contribution in [0, 0.1) is 5.92 Å². The van der Waals surface area contributed by atoms with Crippen molar-refractivity contribution in [2.45, 2.75) is 57.4 Å². The fraction of sp³-hybridized carbons (Fsp3) is 0.545. The van der Waals surface area contributed by atoms with Crippen LogP contribution in [0.25, 0.3) is 0 Å². The van der Waals surface area contributed by atoms with Crippen LogP contribution in [0.4, 0.5) is 16.2 Å². The number of carbonyl (C=O) groups is 4. The van der Waals surface area contributed by atoms with Crippen molar-refractivity contribution in [3.05, 3.63) is 24.3 Å². The Kier molecular flexibility index (Phi) is 5.49. The first-order valence-corrected chi connectivity index (χ1v) is 10.7. The maximum atomic E-state index is 13.0. The van der Waals surface area contributed by atoms with Crippen molar-refractivity contribution in [2.24, 2.45) is 5.92 Å². The Hall–Kier alpha value is -2.90. The standard InChI is InChI=1S/C22H28N4O4/c1-22(15-6-3-2-4-7-15)20(29)26(21(30)24-22)14-18(27)23-16-9-11-17(12-10-16)25-13-5-8-19(25)28/h9-12,15H,2-8,13-14H2,1H3,(H,23,27)(H,24,30)/t22-/m0/s1. The second-order valence-corrected chi connectivity index (χ2v) is 8.60. The number of nitrogens with one attached hydrogen (secondary N) is 2. The van der Waals surface area contributed by atoms with Gasteiger partial charge in [-0.2, -0.15) is 0 Å². The fourth-order valence-electron chi connectivity index (χ4n) is 4.81. The third kappa shape index (κ3) is 3.78. The molecule has 2 aliphatic heterocycles. The number of urea groups is 1. The summed E-state index contributed by atoms with van der Waals surface area (Å²) in [7, 11) is 0. The van der Waals surface area contributed by atoms with Crippen molar-refractivity contribution in [1.82, 2.24) is 10.2 Å². The van der Waals surface area contributed by atoms with Gasteiger partial charge in [-0.1, -0.05) is 19.3 Å². The van der Waals surface area contributed by atoms with Crippen LogP contribution in [-0.4, -0.2) is 47.3 Å². The molecular formula is C22H28N4O4. The largest absolute Gasteiger partial charge is 0.325 e. The molecule has 1 aromatic rings. The summed E-state index contributed by atoms with van der Waals surface area (Å²) in [6.45, 7) is 2.16. The average molecular weight is 412 g/mol. The normalized spacial score (nSPS) is 25.0. The zero-order chi connectivity index (χ0) is 21.3. The van der Waals surface area contributed by atoms with E-state index in [0.717, 1.165) is 49.1 Å². The fourth-order valence-corrected chi connectivity index (χ4v) is 4.81. The van der Waals surface area contributed by atoms with Gasteiger partial charge < -0.3 is 15.5 Å². The number of carbonyl (C=O) groups excluding carboxylic acids is 4. The zero-order valence-corrected chi connectivity index (χ0v) is 17.3. The molecular weight excluding hydrogens is 384 g/mol. The molecule has 3 fully saturated rings. The second-order valence-electron chi connectivity index (χ2n) is 8.60. The smallest absolute Gasteiger partial charge is 0.325 e. The number of rotatable bonds is 5. The minimum absolute atomic E-state index is 0.103. The highest BCUT2D eigenvalue weighted by Gasteiger charge is 2.52. The van der Waals surface area contributed by atoms with Gasteiger partial charge in [0, 0.05) is 24.3 Å². The molecule has 5 amide bonds. The van der Waals surface area contributed by atoms with Crippen LogP contribution in [0.3, 0.4) is 0 Å². The summed E-state index contributed by atoms with van der Waals surface area (Å²) in [5, 5.41) is 5.56. The van der Waals surface area contributed by atoms with Gasteiger partial charge in [0.25, 0.3) is 5.91 Å². The van der Waals surface area contributed by atoms with Crippen molar-refractivity contribution in [1.29, 1.82) is 0 Å². The highest BCUT2D eigenvalue weighted by Crippen LogP contribution is 2.36. The van der Waals surface area contributed by atoms with Crippen molar-refractivity contribution < 1.29 is 19.2 Å². The van der Waals surface area contributed by atoms with E-state index in [1.54, 1.807) is 36.1 Å². The third-order valence-electron chi connectivity index (χ3n) is 6.56. The summed E-state index contributed by atoms with van der Waals surface area (Å²) < 4.78 is 0. The summed E-state index contributed by atoms with van der Waals surface area (Å²) >= 11 is 0. The molecule has 3 aliphatic rings. The number of imide groups is 1.